The average molecular weight is 236 g/mol. The number of hydrogen-bond acceptors (Lipinski definition) is 2. The van der Waals surface area contributed by atoms with Crippen LogP contribution in [0.1, 0.15) is 38.4 Å². The van der Waals surface area contributed by atoms with E-state index in [4.69, 9.17) is 10.00 Å². The summed E-state index contributed by atoms with van der Waals surface area (Å²) in [4.78, 5) is 3.25. The fourth-order valence-corrected chi connectivity index (χ4v) is 1.80. The fourth-order valence-electron chi connectivity index (χ4n) is 1.80. The maximum atomic E-state index is 8.44. The van der Waals surface area contributed by atoms with Crippen LogP contribution in [0.4, 0.5) is 0 Å². The Bertz CT molecular complexity index is 341. The number of aromatic amines is 1. The minimum absolute atomic E-state index is 0.676. The summed E-state index contributed by atoms with van der Waals surface area (Å²) >= 11 is 0. The number of nitrogens with zero attached hydrogens (tertiary/aromatic N) is 2. The third-order valence-corrected chi connectivity index (χ3v) is 2.73. The predicted molar refractivity (Wildman–Crippen MR) is 65.3 cm³/mol. The fraction of sp³-hybridized carbons (Fsp3) is 0.692. The van der Waals surface area contributed by atoms with Crippen LogP contribution in [0.2, 0.25) is 0 Å². The van der Waals surface area contributed by atoms with Crippen molar-refractivity contribution in [2.45, 2.75) is 45.6 Å². The highest BCUT2D eigenvalue weighted by Gasteiger charge is 2.09. The van der Waals surface area contributed by atoms with Gasteiger partial charge in [-0.2, -0.15) is 5.26 Å². The van der Waals surface area contributed by atoms with E-state index < -0.39 is 0 Å². The molecule has 4 heteroatoms. The van der Waals surface area contributed by atoms with Gasteiger partial charge in [0, 0.05) is 13.0 Å². The topological polar surface area (TPSA) is 52.7 Å². The highest BCUT2D eigenvalue weighted by Crippen LogP contribution is 1.99. The maximum absolute atomic E-state index is 8.44. The van der Waals surface area contributed by atoms with Crippen molar-refractivity contribution < 1.29 is 9.30 Å². The van der Waals surface area contributed by atoms with E-state index in [2.05, 4.69) is 21.8 Å². The molecule has 1 N–H and O–H groups in total. The molecule has 0 saturated carbocycles. The van der Waals surface area contributed by atoms with Crippen molar-refractivity contribution in [1.82, 2.24) is 4.98 Å². The molecule has 4 nitrogen and oxygen atoms in total. The zero-order valence-corrected chi connectivity index (χ0v) is 10.6. The Kier molecular flexibility index (Phi) is 7.08. The molecule has 0 radical (unpaired) electrons. The summed E-state index contributed by atoms with van der Waals surface area (Å²) in [5.74, 6) is 1.22. The van der Waals surface area contributed by atoms with Crippen molar-refractivity contribution in [2.24, 2.45) is 0 Å². The Morgan fingerprint density at radius 2 is 2.29 bits per heavy atom. The Balaban J connectivity index is 2.23. The first-order valence-corrected chi connectivity index (χ1v) is 6.39. The molecule has 0 bridgehead atoms. The van der Waals surface area contributed by atoms with Gasteiger partial charge in [0.25, 0.3) is 5.82 Å². The van der Waals surface area contributed by atoms with E-state index in [-0.39, 0.29) is 0 Å². The van der Waals surface area contributed by atoms with Gasteiger partial charge in [0.1, 0.15) is 12.4 Å². The molecule has 0 unspecified atom stereocenters. The molecule has 0 aliphatic rings. The second-order valence-electron chi connectivity index (χ2n) is 4.02. The molecule has 17 heavy (non-hydrogen) atoms. The normalized spacial score (nSPS) is 10.4. The van der Waals surface area contributed by atoms with Gasteiger partial charge in [-0.25, -0.2) is 9.55 Å². The lowest BCUT2D eigenvalue weighted by molar-refractivity contribution is -0.703. The monoisotopic (exact) mass is 236 g/mol. The van der Waals surface area contributed by atoms with Gasteiger partial charge in [0.2, 0.25) is 0 Å². The molecule has 1 aromatic rings. The summed E-state index contributed by atoms with van der Waals surface area (Å²) in [6, 6.07) is 2.18. The van der Waals surface area contributed by atoms with Crippen LogP contribution < -0.4 is 4.57 Å². The molecule has 0 amide bonds. The van der Waals surface area contributed by atoms with Crippen LogP contribution in [-0.4, -0.2) is 18.2 Å². The third-order valence-electron chi connectivity index (χ3n) is 2.73. The SMILES string of the molecule is CCOCCc1[nH]cc[n+]1CCCCCC#N. The van der Waals surface area contributed by atoms with Gasteiger partial charge >= 0.3 is 0 Å². The molecule has 0 aliphatic carbocycles. The van der Waals surface area contributed by atoms with E-state index in [1.54, 1.807) is 0 Å². The lowest BCUT2D eigenvalue weighted by Gasteiger charge is -2.01. The van der Waals surface area contributed by atoms with E-state index in [0.29, 0.717) is 6.42 Å². The zero-order valence-electron chi connectivity index (χ0n) is 10.6. The minimum atomic E-state index is 0.676. The highest BCUT2D eigenvalue weighted by molar-refractivity contribution is 4.77. The summed E-state index contributed by atoms with van der Waals surface area (Å²) in [5, 5.41) is 8.44. The molecule has 0 spiro atoms. The zero-order chi connectivity index (χ0) is 12.3. The first-order chi connectivity index (χ1) is 8.38. The predicted octanol–water partition coefficient (Wildman–Crippen LogP) is 1.97. The standard InChI is InChI=1S/C13H21N3O/c1-2-17-12-7-13-15-9-11-16(13)10-6-4-3-5-8-14/h9,11H,2-7,10,12H2,1H3/p+1. The molecule has 0 fully saturated rings. The van der Waals surface area contributed by atoms with Crippen LogP contribution in [0.25, 0.3) is 0 Å². The van der Waals surface area contributed by atoms with Crippen molar-refractivity contribution in [3.8, 4) is 6.07 Å². The van der Waals surface area contributed by atoms with Crippen molar-refractivity contribution in [3.63, 3.8) is 0 Å². The Morgan fingerprint density at radius 1 is 1.41 bits per heavy atom. The van der Waals surface area contributed by atoms with Gasteiger partial charge in [0.05, 0.1) is 25.6 Å². The molecule has 0 aliphatic heterocycles. The Morgan fingerprint density at radius 3 is 3.06 bits per heavy atom. The summed E-state index contributed by atoms with van der Waals surface area (Å²) in [7, 11) is 0. The average Bonchev–Trinajstić information content (AvgIpc) is 2.77. The lowest BCUT2D eigenvalue weighted by atomic mass is 10.2. The van der Waals surface area contributed by atoms with Crippen LogP contribution in [0.15, 0.2) is 12.4 Å². The number of aryl methyl sites for hydroxylation is 1. The van der Waals surface area contributed by atoms with Crippen LogP contribution in [-0.2, 0) is 17.7 Å². The second kappa shape index (κ2) is 8.77. The maximum Gasteiger partial charge on any atom is 0.256 e. The first kappa shape index (κ1) is 13.7. The van der Waals surface area contributed by atoms with Crippen LogP contribution in [0.3, 0.4) is 0 Å². The smallest absolute Gasteiger partial charge is 0.256 e. The van der Waals surface area contributed by atoms with Crippen LogP contribution >= 0.6 is 0 Å². The summed E-state index contributed by atoms with van der Waals surface area (Å²) in [6.07, 6.45) is 8.91. The minimum Gasteiger partial charge on any atom is -0.381 e. The van der Waals surface area contributed by atoms with Gasteiger partial charge in [-0.05, 0) is 26.2 Å². The molecular formula is C13H22N3O+. The second-order valence-corrected chi connectivity index (χ2v) is 4.02. The summed E-state index contributed by atoms with van der Waals surface area (Å²) in [5.41, 5.74) is 0. The number of ether oxygens (including phenoxy) is 1. The van der Waals surface area contributed by atoms with Gasteiger partial charge in [-0.1, -0.05) is 0 Å². The largest absolute Gasteiger partial charge is 0.381 e. The number of rotatable bonds is 9. The van der Waals surface area contributed by atoms with E-state index in [1.807, 2.05) is 13.1 Å². The van der Waals surface area contributed by atoms with E-state index in [0.717, 1.165) is 45.4 Å². The molecule has 1 aromatic heterocycles. The lowest BCUT2D eigenvalue weighted by Crippen LogP contribution is -2.36. The first-order valence-electron chi connectivity index (χ1n) is 6.39. The number of imidazole rings is 1. The van der Waals surface area contributed by atoms with Gasteiger partial charge < -0.3 is 4.74 Å². The number of nitriles is 1. The number of H-pyrrole nitrogens is 1. The number of aromatic nitrogens is 2. The highest BCUT2D eigenvalue weighted by atomic mass is 16.5. The van der Waals surface area contributed by atoms with E-state index in [9.17, 15) is 0 Å². The van der Waals surface area contributed by atoms with Crippen molar-refractivity contribution in [1.29, 1.82) is 5.26 Å². The van der Waals surface area contributed by atoms with Gasteiger partial charge in [-0.15, -0.1) is 0 Å². The van der Waals surface area contributed by atoms with E-state index in [1.165, 1.54) is 5.82 Å². The molecule has 1 heterocycles. The molecule has 0 atom stereocenters. The van der Waals surface area contributed by atoms with Crippen molar-refractivity contribution >= 4 is 0 Å². The van der Waals surface area contributed by atoms with E-state index >= 15 is 0 Å². The van der Waals surface area contributed by atoms with Gasteiger partial charge in [-0.3, -0.25) is 0 Å². The summed E-state index contributed by atoms with van der Waals surface area (Å²) < 4.78 is 7.59. The quantitative estimate of drug-likeness (QED) is 0.526. The number of unbranched alkanes of at least 4 members (excludes halogenated alkanes) is 3. The van der Waals surface area contributed by atoms with Crippen molar-refractivity contribution in [3.05, 3.63) is 18.2 Å². The Hall–Kier alpha value is -1.34. The molecule has 0 saturated heterocycles. The number of hydrogen-bond donors (Lipinski definition) is 1. The molecular weight excluding hydrogens is 214 g/mol. The third kappa shape index (κ3) is 5.50. The molecule has 94 valence electrons. The molecule has 1 rings (SSSR count). The summed E-state index contributed by atoms with van der Waals surface area (Å²) in [6.45, 7) is 4.58. The number of nitrogens with one attached hydrogen (secondary N) is 1. The van der Waals surface area contributed by atoms with Crippen molar-refractivity contribution in [2.75, 3.05) is 13.2 Å². The van der Waals surface area contributed by atoms with Crippen LogP contribution in [0, 0.1) is 11.3 Å². The van der Waals surface area contributed by atoms with Gasteiger partial charge in [0.15, 0.2) is 0 Å². The Labute approximate surface area is 103 Å². The van der Waals surface area contributed by atoms with Crippen LogP contribution in [0.5, 0.6) is 0 Å². The molecule has 0 aromatic carbocycles.